The first-order valence-corrected chi connectivity index (χ1v) is 4.99. The van der Waals surface area contributed by atoms with Gasteiger partial charge in [-0.1, -0.05) is 29.3 Å². The summed E-state index contributed by atoms with van der Waals surface area (Å²) in [6, 6.07) is 0. The van der Waals surface area contributed by atoms with Crippen molar-refractivity contribution >= 4 is 21.9 Å². The second kappa shape index (κ2) is 6.65. The van der Waals surface area contributed by atoms with E-state index in [1.807, 2.05) is 0 Å². The van der Waals surface area contributed by atoms with Crippen molar-refractivity contribution in [2.24, 2.45) is 5.92 Å². The van der Waals surface area contributed by atoms with Crippen LogP contribution >= 0.6 is 15.9 Å². The van der Waals surface area contributed by atoms with Crippen LogP contribution in [0.4, 0.5) is 0 Å². The summed E-state index contributed by atoms with van der Waals surface area (Å²) in [7, 11) is 1.43. The van der Waals surface area contributed by atoms with Crippen molar-refractivity contribution in [3.8, 4) is 0 Å². The maximum absolute atomic E-state index is 10.7. The zero-order chi connectivity index (χ0) is 8.69. The summed E-state index contributed by atoms with van der Waals surface area (Å²) in [5.41, 5.74) is 0. The molecule has 0 aliphatic heterocycles. The Morgan fingerprint density at radius 3 is 2.64 bits per heavy atom. The lowest BCUT2D eigenvalue weighted by molar-refractivity contribution is -0.140. The third-order valence-electron chi connectivity index (χ3n) is 1.78. The third-order valence-corrected chi connectivity index (χ3v) is 2.70. The quantitative estimate of drug-likeness (QED) is 0.528. The summed E-state index contributed by atoms with van der Waals surface area (Å²) in [4.78, 5) is 10.7. The van der Waals surface area contributed by atoms with E-state index in [9.17, 15) is 4.79 Å². The van der Waals surface area contributed by atoms with Gasteiger partial charge in [-0.25, -0.2) is 0 Å². The van der Waals surface area contributed by atoms with E-state index in [4.69, 9.17) is 0 Å². The summed E-state index contributed by atoms with van der Waals surface area (Å²) in [5, 5.41) is 0.973. The van der Waals surface area contributed by atoms with E-state index in [1.54, 1.807) is 0 Å². The van der Waals surface area contributed by atoms with E-state index in [1.165, 1.54) is 7.11 Å². The van der Waals surface area contributed by atoms with E-state index in [2.05, 4.69) is 27.6 Å². The molecule has 0 spiro atoms. The molecular formula is C8H15BrO2. The van der Waals surface area contributed by atoms with Crippen LogP contribution in [-0.2, 0) is 9.53 Å². The first kappa shape index (κ1) is 11.0. The van der Waals surface area contributed by atoms with Crippen LogP contribution in [0.2, 0.25) is 0 Å². The number of methoxy groups -OCH3 is 1. The van der Waals surface area contributed by atoms with Gasteiger partial charge in [-0.15, -0.1) is 0 Å². The van der Waals surface area contributed by atoms with Gasteiger partial charge in [-0.2, -0.15) is 0 Å². The molecule has 0 saturated heterocycles. The minimum Gasteiger partial charge on any atom is -0.469 e. The van der Waals surface area contributed by atoms with Gasteiger partial charge in [0, 0.05) is 11.8 Å². The largest absolute Gasteiger partial charge is 0.469 e. The zero-order valence-electron chi connectivity index (χ0n) is 7.10. The summed E-state index contributed by atoms with van der Waals surface area (Å²) in [6.45, 7) is 2.13. The Hall–Kier alpha value is -0.0500. The van der Waals surface area contributed by atoms with Gasteiger partial charge in [-0.3, -0.25) is 4.79 Å². The number of carbonyl (C=O) groups is 1. The summed E-state index contributed by atoms with van der Waals surface area (Å²) in [5.74, 6) is 0.499. The summed E-state index contributed by atoms with van der Waals surface area (Å²) < 4.78 is 4.54. The number of ether oxygens (including phenoxy) is 1. The average molecular weight is 223 g/mol. The van der Waals surface area contributed by atoms with Crippen LogP contribution in [0.15, 0.2) is 0 Å². The highest BCUT2D eigenvalue weighted by molar-refractivity contribution is 9.09. The number of halogens is 1. The van der Waals surface area contributed by atoms with Crippen molar-refractivity contribution in [3.63, 3.8) is 0 Å². The molecule has 0 N–H and O–H groups in total. The number of hydrogen-bond acceptors (Lipinski definition) is 2. The molecule has 0 heterocycles. The minimum absolute atomic E-state index is 0.107. The van der Waals surface area contributed by atoms with Crippen LogP contribution in [0, 0.1) is 5.92 Å². The fraction of sp³-hybridized carbons (Fsp3) is 0.875. The maximum atomic E-state index is 10.7. The van der Waals surface area contributed by atoms with Gasteiger partial charge in [-0.05, 0) is 12.3 Å². The van der Waals surface area contributed by atoms with Crippen LogP contribution in [0.5, 0.6) is 0 Å². The molecule has 0 fully saturated rings. The Morgan fingerprint density at radius 2 is 2.27 bits per heavy atom. The Morgan fingerprint density at radius 1 is 1.64 bits per heavy atom. The molecule has 0 rings (SSSR count). The van der Waals surface area contributed by atoms with E-state index in [0.29, 0.717) is 12.3 Å². The van der Waals surface area contributed by atoms with Gasteiger partial charge in [0.2, 0.25) is 0 Å². The molecule has 0 aliphatic carbocycles. The van der Waals surface area contributed by atoms with E-state index >= 15 is 0 Å². The topological polar surface area (TPSA) is 26.3 Å². The molecule has 0 amide bonds. The summed E-state index contributed by atoms with van der Waals surface area (Å²) in [6.07, 6.45) is 2.58. The molecule has 0 aromatic heterocycles. The predicted octanol–water partition coefficient (Wildman–Crippen LogP) is 2.36. The van der Waals surface area contributed by atoms with Gasteiger partial charge < -0.3 is 4.74 Å². The summed E-state index contributed by atoms with van der Waals surface area (Å²) >= 11 is 3.40. The fourth-order valence-corrected chi connectivity index (χ4v) is 1.60. The highest BCUT2D eigenvalue weighted by Gasteiger charge is 2.07. The van der Waals surface area contributed by atoms with Crippen molar-refractivity contribution < 1.29 is 9.53 Å². The number of rotatable bonds is 5. The highest BCUT2D eigenvalue weighted by Crippen LogP contribution is 2.13. The standard InChI is InChI=1S/C8H15BrO2/c1-3-7(6-9)4-5-8(10)11-2/h7H,3-6H2,1-2H3. The highest BCUT2D eigenvalue weighted by atomic mass is 79.9. The molecule has 0 aliphatic rings. The van der Waals surface area contributed by atoms with Crippen molar-refractivity contribution in [2.75, 3.05) is 12.4 Å². The number of esters is 1. The Labute approximate surface area is 76.4 Å². The molecule has 11 heavy (non-hydrogen) atoms. The average Bonchev–Trinajstić information content (AvgIpc) is 2.06. The molecule has 0 aromatic carbocycles. The Bertz CT molecular complexity index is 111. The number of carbonyl (C=O) groups excluding carboxylic acids is 1. The van der Waals surface area contributed by atoms with Gasteiger partial charge >= 0.3 is 5.97 Å². The lowest BCUT2D eigenvalue weighted by Crippen LogP contribution is -2.06. The first-order valence-electron chi connectivity index (χ1n) is 3.87. The van der Waals surface area contributed by atoms with E-state index < -0.39 is 0 Å². The number of hydrogen-bond donors (Lipinski definition) is 0. The van der Waals surface area contributed by atoms with Gasteiger partial charge in [0.15, 0.2) is 0 Å². The smallest absolute Gasteiger partial charge is 0.305 e. The second-order valence-corrected chi connectivity index (χ2v) is 3.19. The molecule has 0 bridgehead atoms. The van der Waals surface area contributed by atoms with Crippen LogP contribution in [-0.4, -0.2) is 18.4 Å². The molecule has 0 aromatic rings. The first-order chi connectivity index (χ1) is 5.24. The van der Waals surface area contributed by atoms with Gasteiger partial charge in [0.1, 0.15) is 0 Å². The molecule has 1 unspecified atom stereocenters. The normalized spacial score (nSPS) is 12.6. The Kier molecular flexibility index (Phi) is 6.62. The lowest BCUT2D eigenvalue weighted by Gasteiger charge is -2.08. The number of alkyl halides is 1. The Balaban J connectivity index is 3.42. The van der Waals surface area contributed by atoms with Crippen LogP contribution in [0.1, 0.15) is 26.2 Å². The molecular weight excluding hydrogens is 208 g/mol. The van der Waals surface area contributed by atoms with Crippen molar-refractivity contribution in [1.82, 2.24) is 0 Å². The van der Waals surface area contributed by atoms with Crippen LogP contribution in [0.3, 0.4) is 0 Å². The van der Waals surface area contributed by atoms with Crippen molar-refractivity contribution in [3.05, 3.63) is 0 Å². The third kappa shape index (κ3) is 5.24. The molecule has 3 heteroatoms. The molecule has 0 radical (unpaired) electrons. The molecule has 2 nitrogen and oxygen atoms in total. The molecule has 1 atom stereocenters. The van der Waals surface area contributed by atoms with Gasteiger partial charge in [0.25, 0.3) is 0 Å². The second-order valence-electron chi connectivity index (χ2n) is 2.54. The molecule has 0 saturated carbocycles. The predicted molar refractivity (Wildman–Crippen MR) is 48.8 cm³/mol. The van der Waals surface area contributed by atoms with Gasteiger partial charge in [0.05, 0.1) is 7.11 Å². The lowest BCUT2D eigenvalue weighted by atomic mass is 10.0. The minimum atomic E-state index is -0.107. The molecule has 66 valence electrons. The fourth-order valence-electron chi connectivity index (χ4n) is 0.814. The monoisotopic (exact) mass is 222 g/mol. The van der Waals surface area contributed by atoms with Crippen molar-refractivity contribution in [2.45, 2.75) is 26.2 Å². The van der Waals surface area contributed by atoms with E-state index in [0.717, 1.165) is 18.2 Å². The van der Waals surface area contributed by atoms with Crippen LogP contribution in [0.25, 0.3) is 0 Å². The maximum Gasteiger partial charge on any atom is 0.305 e. The van der Waals surface area contributed by atoms with Crippen LogP contribution < -0.4 is 0 Å². The van der Waals surface area contributed by atoms with E-state index in [-0.39, 0.29) is 5.97 Å². The SMILES string of the molecule is CCC(CBr)CCC(=O)OC. The zero-order valence-corrected chi connectivity index (χ0v) is 8.69. The van der Waals surface area contributed by atoms with Crippen molar-refractivity contribution in [1.29, 1.82) is 0 Å².